The zero-order chi connectivity index (χ0) is 23.8. The molecule has 0 atom stereocenters. The molecule has 0 radical (unpaired) electrons. The second kappa shape index (κ2) is 10.7. The van der Waals surface area contributed by atoms with E-state index >= 15 is 0 Å². The Hall–Kier alpha value is -3.83. The van der Waals surface area contributed by atoms with Crippen LogP contribution in [-0.2, 0) is 28.7 Å². The summed E-state index contributed by atoms with van der Waals surface area (Å²) in [7, 11) is -1.37. The Morgan fingerprint density at radius 3 is 1.36 bits per heavy atom. The quantitative estimate of drug-likeness (QED) is 0.220. The van der Waals surface area contributed by atoms with Gasteiger partial charge in [-0.05, 0) is 22.7 Å². The number of carbonyl (C=O) groups excluding carboxylic acids is 4. The normalized spacial score (nSPS) is 10.9. The van der Waals surface area contributed by atoms with Gasteiger partial charge in [-0.3, -0.25) is 14.3 Å². The van der Waals surface area contributed by atoms with Gasteiger partial charge < -0.3 is 9.47 Å². The number of hydrogen-bond donors (Lipinski definition) is 0. The van der Waals surface area contributed by atoms with Crippen LogP contribution in [0, 0.1) is 0 Å². The molecule has 33 heavy (non-hydrogen) atoms. The molecule has 168 valence electrons. The standard InChI is InChI=1S/C25H22NO6P/c1-31-24(29)21(27)23(22(28)25(30)32-2)33(19-14-8-4-9-15-19,20-16-10-5-11-17-20)26-18-12-6-3-7-13-18/h3-17,23H,1-2H3. The predicted molar refractivity (Wildman–Crippen MR) is 125 cm³/mol. The van der Waals surface area contributed by atoms with Crippen LogP contribution >= 0.6 is 7.05 Å². The van der Waals surface area contributed by atoms with Gasteiger partial charge in [0.05, 0.1) is 27.0 Å². The summed E-state index contributed by atoms with van der Waals surface area (Å²) in [5, 5.41) is 1.08. The number of esters is 2. The van der Waals surface area contributed by atoms with Crippen molar-refractivity contribution in [1.29, 1.82) is 0 Å². The van der Waals surface area contributed by atoms with Crippen LogP contribution in [0.2, 0.25) is 0 Å². The number of methoxy groups -OCH3 is 2. The van der Waals surface area contributed by atoms with Gasteiger partial charge in [-0.25, -0.2) is 9.59 Å². The number of Topliss-reactive ketones (excluding diaryl/α,β-unsaturated/α-hetero) is 2. The summed E-state index contributed by atoms with van der Waals surface area (Å²) in [6, 6.07) is 26.3. The molecule has 0 fully saturated rings. The molecule has 0 heterocycles. The lowest BCUT2D eigenvalue weighted by Gasteiger charge is -2.31. The monoisotopic (exact) mass is 463 g/mol. The molecule has 0 spiro atoms. The molecule has 0 aliphatic carbocycles. The van der Waals surface area contributed by atoms with Gasteiger partial charge in [0, 0.05) is 0 Å². The van der Waals surface area contributed by atoms with Gasteiger partial charge >= 0.3 is 11.9 Å². The lowest BCUT2D eigenvalue weighted by Crippen LogP contribution is -2.44. The molecular formula is C25H22NO6P. The molecule has 0 saturated carbocycles. The van der Waals surface area contributed by atoms with Crippen molar-refractivity contribution in [3.8, 4) is 0 Å². The van der Waals surface area contributed by atoms with E-state index in [-0.39, 0.29) is 0 Å². The van der Waals surface area contributed by atoms with E-state index in [2.05, 4.69) is 9.47 Å². The third kappa shape index (κ3) is 4.83. The molecule has 0 aliphatic heterocycles. The summed E-state index contributed by atoms with van der Waals surface area (Å²) in [4.78, 5) is 51.6. The maximum Gasteiger partial charge on any atom is 0.375 e. The van der Waals surface area contributed by atoms with Gasteiger partial charge in [0.25, 0.3) is 11.6 Å². The van der Waals surface area contributed by atoms with E-state index in [0.29, 0.717) is 16.3 Å². The van der Waals surface area contributed by atoms with Crippen LogP contribution in [0.1, 0.15) is 0 Å². The second-order valence-corrected chi connectivity index (χ2v) is 10.0. The number of hydrogen-bond acceptors (Lipinski definition) is 7. The van der Waals surface area contributed by atoms with Gasteiger partial charge in [-0.1, -0.05) is 78.9 Å². The Morgan fingerprint density at radius 1 is 0.636 bits per heavy atom. The Bertz CT molecular complexity index is 1140. The highest BCUT2D eigenvalue weighted by molar-refractivity contribution is 7.83. The summed E-state index contributed by atoms with van der Waals surface area (Å²) in [5.74, 6) is -4.80. The van der Waals surface area contributed by atoms with E-state index in [1.54, 1.807) is 91.0 Å². The maximum atomic E-state index is 13.4. The molecule has 3 aromatic carbocycles. The Morgan fingerprint density at radius 2 is 1.00 bits per heavy atom. The minimum atomic E-state index is -3.46. The first-order chi connectivity index (χ1) is 16.0. The summed E-state index contributed by atoms with van der Waals surface area (Å²) < 4.78 is 14.3. The zero-order valence-electron chi connectivity index (χ0n) is 18.1. The van der Waals surface area contributed by atoms with Gasteiger partial charge in [0.2, 0.25) is 0 Å². The molecule has 0 aromatic heterocycles. The first kappa shape index (κ1) is 23.8. The highest BCUT2D eigenvalue weighted by atomic mass is 31.2. The molecular weight excluding hydrogens is 441 g/mol. The first-order valence-electron chi connectivity index (χ1n) is 9.98. The third-order valence-corrected chi connectivity index (χ3v) is 8.91. The molecule has 0 unspecified atom stereocenters. The van der Waals surface area contributed by atoms with Crippen molar-refractivity contribution in [2.75, 3.05) is 14.2 Å². The Kier molecular flexibility index (Phi) is 7.70. The van der Waals surface area contributed by atoms with Crippen LogP contribution in [-0.4, -0.2) is 43.4 Å². The average Bonchev–Trinajstić information content (AvgIpc) is 2.88. The number of ketones is 2. The van der Waals surface area contributed by atoms with Crippen LogP contribution < -0.4 is 10.6 Å². The largest absolute Gasteiger partial charge is 0.463 e. The van der Waals surface area contributed by atoms with Crippen molar-refractivity contribution in [2.24, 2.45) is 4.74 Å². The van der Waals surface area contributed by atoms with E-state index in [9.17, 15) is 19.2 Å². The van der Waals surface area contributed by atoms with Crippen LogP contribution in [0.25, 0.3) is 0 Å². The second-order valence-electron chi connectivity index (χ2n) is 6.91. The first-order valence-corrected chi connectivity index (χ1v) is 11.8. The Labute approximate surface area is 191 Å². The predicted octanol–water partition coefficient (Wildman–Crippen LogP) is 3.02. The van der Waals surface area contributed by atoms with Gasteiger partial charge in [0.1, 0.15) is 5.66 Å². The maximum absolute atomic E-state index is 13.4. The van der Waals surface area contributed by atoms with Gasteiger partial charge in [0.15, 0.2) is 0 Å². The van der Waals surface area contributed by atoms with E-state index in [1.165, 1.54) is 0 Å². The molecule has 3 rings (SSSR count). The smallest absolute Gasteiger partial charge is 0.375 e. The van der Waals surface area contributed by atoms with Crippen molar-refractivity contribution in [3.63, 3.8) is 0 Å². The molecule has 0 N–H and O–H groups in total. The zero-order valence-corrected chi connectivity index (χ0v) is 19.0. The summed E-state index contributed by atoms with van der Waals surface area (Å²) in [6.45, 7) is 0. The fraction of sp³-hybridized carbons (Fsp3) is 0.120. The average molecular weight is 463 g/mol. The van der Waals surface area contributed by atoms with E-state index in [1.807, 2.05) is 0 Å². The van der Waals surface area contributed by atoms with E-state index < -0.39 is 36.2 Å². The van der Waals surface area contributed by atoms with Gasteiger partial charge in [-0.2, -0.15) is 0 Å². The van der Waals surface area contributed by atoms with Crippen molar-refractivity contribution in [1.82, 2.24) is 0 Å². The summed E-state index contributed by atoms with van der Waals surface area (Å²) in [5.41, 5.74) is -1.28. The van der Waals surface area contributed by atoms with E-state index in [4.69, 9.17) is 4.74 Å². The molecule has 0 saturated heterocycles. The summed E-state index contributed by atoms with van der Waals surface area (Å²) in [6.07, 6.45) is 0. The number of benzene rings is 3. The SMILES string of the molecule is COC(=O)C(=O)C(C(=O)C(=O)OC)P(=Nc1ccccc1)(c1ccccc1)c1ccccc1. The van der Waals surface area contributed by atoms with Crippen LogP contribution in [0.4, 0.5) is 5.69 Å². The third-order valence-electron chi connectivity index (χ3n) is 4.97. The number of nitrogens with zero attached hydrogens (tertiary/aromatic N) is 1. The molecule has 0 amide bonds. The van der Waals surface area contributed by atoms with Crippen molar-refractivity contribution in [2.45, 2.75) is 5.66 Å². The van der Waals surface area contributed by atoms with Crippen LogP contribution in [0.3, 0.4) is 0 Å². The van der Waals surface area contributed by atoms with Crippen molar-refractivity contribution < 1.29 is 28.7 Å². The molecule has 8 heteroatoms. The number of ether oxygens (including phenoxy) is 2. The fourth-order valence-electron chi connectivity index (χ4n) is 3.49. The van der Waals surface area contributed by atoms with E-state index in [0.717, 1.165) is 14.2 Å². The minimum Gasteiger partial charge on any atom is -0.463 e. The van der Waals surface area contributed by atoms with Gasteiger partial charge in [-0.15, -0.1) is 0 Å². The number of rotatable bonds is 8. The molecule has 0 bridgehead atoms. The summed E-state index contributed by atoms with van der Waals surface area (Å²) >= 11 is 0. The molecule has 3 aromatic rings. The Balaban J connectivity index is 2.52. The lowest BCUT2D eigenvalue weighted by molar-refractivity contribution is -0.156. The van der Waals surface area contributed by atoms with Crippen molar-refractivity contribution in [3.05, 3.63) is 91.0 Å². The molecule has 7 nitrogen and oxygen atoms in total. The number of carbonyl (C=O) groups is 4. The van der Waals surface area contributed by atoms with Crippen LogP contribution in [0.15, 0.2) is 95.7 Å². The van der Waals surface area contributed by atoms with Crippen LogP contribution in [0.5, 0.6) is 0 Å². The highest BCUT2D eigenvalue weighted by Gasteiger charge is 2.49. The highest BCUT2D eigenvalue weighted by Crippen LogP contribution is 2.55. The minimum absolute atomic E-state index is 0.485. The lowest BCUT2D eigenvalue weighted by atomic mass is 10.2. The molecule has 0 aliphatic rings. The fourth-order valence-corrected chi connectivity index (χ4v) is 7.37. The topological polar surface area (TPSA) is 99.1 Å². The van der Waals surface area contributed by atoms with Crippen molar-refractivity contribution >= 4 is 46.9 Å².